The second-order valence-electron chi connectivity index (χ2n) is 9.91. The van der Waals surface area contributed by atoms with Crippen molar-refractivity contribution >= 4 is 52.1 Å². The Morgan fingerprint density at radius 3 is 1.06 bits per heavy atom. The van der Waals surface area contributed by atoms with Gasteiger partial charge in [-0.1, -0.05) is 13.3 Å². The minimum absolute atomic E-state index is 0.704. The third kappa shape index (κ3) is 11.6. The minimum atomic E-state index is -2.91. The highest BCUT2D eigenvalue weighted by Crippen LogP contribution is 2.33. The van der Waals surface area contributed by atoms with Crippen molar-refractivity contribution in [3.05, 3.63) is 0 Å². The number of rotatable bonds is 20. The van der Waals surface area contributed by atoms with Gasteiger partial charge in [0.15, 0.2) is 25.7 Å². The molecule has 0 aromatic heterocycles. The fourth-order valence-electron chi connectivity index (χ4n) is 3.86. The zero-order chi connectivity index (χ0) is 26.7. The van der Waals surface area contributed by atoms with Gasteiger partial charge >= 0.3 is 26.4 Å². The van der Waals surface area contributed by atoms with Crippen LogP contribution in [0, 0.1) is 0 Å². The Bertz CT molecular complexity index is 506. The average molecular weight is 593 g/mol. The van der Waals surface area contributed by atoms with Crippen LogP contribution in [0.1, 0.15) is 13.3 Å². The van der Waals surface area contributed by atoms with Crippen LogP contribution in [0.5, 0.6) is 0 Å². The molecule has 0 rings (SSSR count). The lowest BCUT2D eigenvalue weighted by Gasteiger charge is -2.43. The summed E-state index contributed by atoms with van der Waals surface area (Å²) in [6.45, 7) is 15.5. The molecule has 0 spiro atoms. The van der Waals surface area contributed by atoms with Crippen LogP contribution < -0.4 is 0 Å². The Labute approximate surface area is 216 Å². The van der Waals surface area contributed by atoms with Crippen LogP contribution in [0.3, 0.4) is 0 Å². The first-order valence-electron chi connectivity index (χ1n) is 12.1. The van der Waals surface area contributed by atoms with Gasteiger partial charge in [-0.2, -0.15) is 0 Å². The highest BCUT2D eigenvalue weighted by molar-refractivity contribution is 6.89. The van der Waals surface area contributed by atoms with E-state index in [1.54, 1.807) is 42.7 Å². The molecule has 0 saturated carbocycles. The van der Waals surface area contributed by atoms with E-state index in [4.69, 9.17) is 38.9 Å². The molecule has 0 radical (unpaired) electrons. The molecule has 34 heavy (non-hydrogen) atoms. The first kappa shape index (κ1) is 34.9. The lowest BCUT2D eigenvalue weighted by Crippen LogP contribution is -2.60. The van der Waals surface area contributed by atoms with Crippen molar-refractivity contribution in [2.75, 3.05) is 42.7 Å². The Morgan fingerprint density at radius 2 is 0.824 bits per heavy atom. The first-order valence-corrected chi connectivity index (χ1v) is 26.9. The van der Waals surface area contributed by atoms with E-state index in [1.807, 2.05) is 0 Å². The zero-order valence-electron chi connectivity index (χ0n) is 24.0. The zero-order valence-corrected chi connectivity index (χ0v) is 30.1. The van der Waals surface area contributed by atoms with Gasteiger partial charge in [0.05, 0.1) is 0 Å². The van der Waals surface area contributed by atoms with Crippen molar-refractivity contribution < 1.29 is 38.9 Å². The summed E-state index contributed by atoms with van der Waals surface area (Å²) in [5, 5.41) is 0. The van der Waals surface area contributed by atoms with Gasteiger partial charge in [0, 0.05) is 60.8 Å². The van der Waals surface area contributed by atoms with Gasteiger partial charge in [0.1, 0.15) is 0 Å². The molecule has 0 aromatic carbocycles. The summed E-state index contributed by atoms with van der Waals surface area (Å²) in [6, 6.07) is 3.91. The Morgan fingerprint density at radius 1 is 0.500 bits per heavy atom. The highest BCUT2D eigenvalue weighted by Gasteiger charge is 2.51. The Balaban J connectivity index is 5.80. The molecule has 0 saturated heterocycles. The summed E-state index contributed by atoms with van der Waals surface area (Å²) in [5.41, 5.74) is 0. The molecule has 0 aliphatic carbocycles. The molecule has 0 amide bonds. The molecule has 0 aromatic rings. The topological polar surface area (TPSA) is 83.1 Å². The monoisotopic (exact) mass is 592 g/mol. The molecule has 0 heterocycles. The van der Waals surface area contributed by atoms with Crippen LogP contribution in [0.4, 0.5) is 0 Å². The molecule has 0 unspecified atom stereocenters. The fourth-order valence-corrected chi connectivity index (χ4v) is 27.5. The van der Waals surface area contributed by atoms with Gasteiger partial charge in [-0.25, -0.2) is 0 Å². The quantitative estimate of drug-likeness (QED) is 0.189. The predicted molar refractivity (Wildman–Crippen MR) is 151 cm³/mol. The van der Waals surface area contributed by atoms with Gasteiger partial charge in [-0.05, 0) is 51.4 Å². The maximum absolute atomic E-state index is 7.03. The SMILES string of the molecule is CCC[Si](O[SiH](C)C)(O[Si](C)(C)CC[Si](OC)(OC)OC)O[Si](C)(C)CC[Si](OC)(OC)OC. The molecule has 0 bridgehead atoms. The van der Waals surface area contributed by atoms with Gasteiger partial charge in [-0.3, -0.25) is 0 Å². The van der Waals surface area contributed by atoms with E-state index in [1.165, 1.54) is 0 Å². The summed E-state index contributed by atoms with van der Waals surface area (Å²) < 4.78 is 54.6. The molecule has 9 nitrogen and oxygen atoms in total. The van der Waals surface area contributed by atoms with Gasteiger partial charge in [0.2, 0.25) is 0 Å². The van der Waals surface area contributed by atoms with Gasteiger partial charge in [-0.15, -0.1) is 0 Å². The maximum atomic E-state index is 7.03. The van der Waals surface area contributed by atoms with Crippen molar-refractivity contribution in [3.8, 4) is 0 Å². The largest absolute Gasteiger partial charge is 0.499 e. The molecule has 0 fully saturated rings. The first-order chi connectivity index (χ1) is 15.7. The van der Waals surface area contributed by atoms with Crippen molar-refractivity contribution in [1.29, 1.82) is 0 Å². The molecule has 0 aliphatic heterocycles. The lowest BCUT2D eigenvalue weighted by atomic mass is 10.6. The molecule has 0 N–H and O–H groups in total. The number of hydrogen-bond acceptors (Lipinski definition) is 9. The van der Waals surface area contributed by atoms with Crippen LogP contribution in [0.15, 0.2) is 0 Å². The van der Waals surface area contributed by atoms with Crippen molar-refractivity contribution in [2.45, 2.75) is 82.8 Å². The summed E-state index contributed by atoms with van der Waals surface area (Å²) in [5.74, 6) is 0. The predicted octanol–water partition coefficient (Wildman–Crippen LogP) is 4.53. The molecule has 0 atom stereocenters. The highest BCUT2D eigenvalue weighted by atomic mass is 28.5. The molecule has 0 aliphatic rings. The van der Waals surface area contributed by atoms with E-state index in [0.29, 0.717) is 12.1 Å². The average Bonchev–Trinajstić information content (AvgIpc) is 2.75. The van der Waals surface area contributed by atoms with E-state index < -0.39 is 52.1 Å². The molecule has 206 valence electrons. The summed E-state index contributed by atoms with van der Waals surface area (Å²) in [4.78, 5) is 0. The molecular weight excluding hydrogens is 541 g/mol. The number of hydrogen-bond donors (Lipinski definition) is 0. The van der Waals surface area contributed by atoms with E-state index in [0.717, 1.165) is 24.6 Å². The second-order valence-corrected chi connectivity index (χ2v) is 30.7. The summed E-state index contributed by atoms with van der Waals surface area (Å²) in [6.07, 6.45) is 0.947. The maximum Gasteiger partial charge on any atom is 0.499 e. The molecular formula is C19H52O9Si6. The third-order valence-electron chi connectivity index (χ3n) is 5.77. The standard InChI is InChI=1S/C19H52O9Si6/c1-14-15-34(26-29(8)9,27-30(10,11)16-18-32(20-2,21-3)22-4)28-31(12,13)17-19-33(23-5,24-6)25-7/h29H,14-19H2,1-13H3. The van der Waals surface area contributed by atoms with E-state index >= 15 is 0 Å². The smallest absolute Gasteiger partial charge is 0.420 e. The second kappa shape index (κ2) is 15.4. The third-order valence-corrected chi connectivity index (χ3v) is 26.5. The van der Waals surface area contributed by atoms with Crippen LogP contribution in [-0.2, 0) is 38.9 Å². The van der Waals surface area contributed by atoms with Crippen molar-refractivity contribution in [1.82, 2.24) is 0 Å². The Hall–Kier alpha value is 0.941. The van der Waals surface area contributed by atoms with E-state index in [9.17, 15) is 0 Å². The Kier molecular flexibility index (Phi) is 15.8. The summed E-state index contributed by atoms with van der Waals surface area (Å²) in [7, 11) is -4.17. The van der Waals surface area contributed by atoms with Crippen LogP contribution in [-0.4, -0.2) is 94.7 Å². The minimum Gasteiger partial charge on any atom is -0.420 e. The normalized spacial score (nSPS) is 14.3. The fraction of sp³-hybridized carbons (Fsp3) is 1.00. The van der Waals surface area contributed by atoms with Crippen LogP contribution in [0.25, 0.3) is 0 Å². The van der Waals surface area contributed by atoms with Crippen LogP contribution in [0.2, 0.25) is 69.5 Å². The van der Waals surface area contributed by atoms with Gasteiger partial charge < -0.3 is 38.9 Å². The lowest BCUT2D eigenvalue weighted by molar-refractivity contribution is 0.124. The van der Waals surface area contributed by atoms with Crippen molar-refractivity contribution in [3.63, 3.8) is 0 Å². The van der Waals surface area contributed by atoms with Crippen molar-refractivity contribution in [2.24, 2.45) is 0 Å². The summed E-state index contributed by atoms with van der Waals surface area (Å²) >= 11 is 0. The van der Waals surface area contributed by atoms with Gasteiger partial charge in [0.25, 0.3) is 0 Å². The molecule has 15 heteroatoms. The van der Waals surface area contributed by atoms with Crippen LogP contribution >= 0.6 is 0 Å². The van der Waals surface area contributed by atoms with E-state index in [2.05, 4.69) is 46.2 Å². The van der Waals surface area contributed by atoms with E-state index in [-0.39, 0.29) is 0 Å².